The first-order valence-corrected chi connectivity index (χ1v) is 7.23. The molecular formula is C17H20N2O3. The Balaban J connectivity index is 1.94. The summed E-state index contributed by atoms with van der Waals surface area (Å²) in [5.41, 5.74) is 2.29. The maximum Gasteiger partial charge on any atom is 0.355 e. The third-order valence-electron chi connectivity index (χ3n) is 3.44. The van der Waals surface area contributed by atoms with Crippen LogP contribution in [-0.4, -0.2) is 22.5 Å². The molecule has 0 bridgehead atoms. The highest BCUT2D eigenvalue weighted by molar-refractivity contribution is 5.96. The second-order valence-corrected chi connectivity index (χ2v) is 5.09. The number of rotatable bonds is 5. The van der Waals surface area contributed by atoms with E-state index >= 15 is 0 Å². The topological polar surface area (TPSA) is 60.3 Å². The second kappa shape index (κ2) is 6.93. The summed E-state index contributed by atoms with van der Waals surface area (Å²) < 4.78 is 6.83. The normalized spacial score (nSPS) is 11.8. The number of hydrogen-bond acceptors (Lipinski definition) is 3. The van der Waals surface area contributed by atoms with E-state index < -0.39 is 12.1 Å². The van der Waals surface area contributed by atoms with Gasteiger partial charge in [-0.3, -0.25) is 4.79 Å². The number of aromatic nitrogens is 1. The molecule has 1 aromatic carbocycles. The first kappa shape index (κ1) is 15.8. The molecule has 1 heterocycles. The standard InChI is InChI=1S/C17H20N2O3/c1-4-13-7-9-14(10-8-13)18-16(20)12(2)22-17(21)15-6-5-11-19(15)3/h5-12H,4H2,1-3H3,(H,18,20)/t12-/m1/s1. The van der Waals surface area contributed by atoms with E-state index in [-0.39, 0.29) is 5.91 Å². The highest BCUT2D eigenvalue weighted by atomic mass is 16.5. The Morgan fingerprint density at radius 3 is 2.45 bits per heavy atom. The Labute approximate surface area is 129 Å². The molecule has 116 valence electrons. The number of amides is 1. The highest BCUT2D eigenvalue weighted by Crippen LogP contribution is 2.11. The highest BCUT2D eigenvalue weighted by Gasteiger charge is 2.20. The van der Waals surface area contributed by atoms with E-state index in [2.05, 4.69) is 12.2 Å². The maximum atomic E-state index is 12.1. The van der Waals surface area contributed by atoms with Gasteiger partial charge in [-0.1, -0.05) is 19.1 Å². The molecule has 0 aliphatic carbocycles. The summed E-state index contributed by atoms with van der Waals surface area (Å²) in [6, 6.07) is 11.0. The molecule has 5 nitrogen and oxygen atoms in total. The number of carbonyl (C=O) groups is 2. The Morgan fingerprint density at radius 1 is 1.23 bits per heavy atom. The van der Waals surface area contributed by atoms with E-state index in [4.69, 9.17) is 4.74 Å². The molecule has 0 aliphatic heterocycles. The van der Waals surface area contributed by atoms with Crippen LogP contribution < -0.4 is 5.32 Å². The van der Waals surface area contributed by atoms with Gasteiger partial charge >= 0.3 is 5.97 Å². The van der Waals surface area contributed by atoms with Gasteiger partial charge in [0.2, 0.25) is 0 Å². The van der Waals surface area contributed by atoms with Gasteiger partial charge in [0.15, 0.2) is 6.10 Å². The van der Waals surface area contributed by atoms with Crippen LogP contribution in [0.1, 0.15) is 29.9 Å². The zero-order valence-electron chi connectivity index (χ0n) is 13.0. The summed E-state index contributed by atoms with van der Waals surface area (Å²) in [5, 5.41) is 2.74. The predicted octanol–water partition coefficient (Wildman–Crippen LogP) is 2.77. The van der Waals surface area contributed by atoms with E-state index in [1.807, 2.05) is 24.3 Å². The lowest BCUT2D eigenvalue weighted by molar-refractivity contribution is -0.123. The van der Waals surface area contributed by atoms with Gasteiger partial charge in [0.1, 0.15) is 5.69 Å². The number of aryl methyl sites for hydroxylation is 2. The summed E-state index contributed by atoms with van der Waals surface area (Å²) >= 11 is 0. The smallest absolute Gasteiger partial charge is 0.355 e. The summed E-state index contributed by atoms with van der Waals surface area (Å²) in [4.78, 5) is 24.0. The first-order valence-electron chi connectivity index (χ1n) is 7.23. The summed E-state index contributed by atoms with van der Waals surface area (Å²) in [6.07, 6.45) is 1.82. The molecule has 0 aliphatic rings. The molecule has 0 radical (unpaired) electrons. The van der Waals surface area contributed by atoms with Gasteiger partial charge < -0.3 is 14.6 Å². The van der Waals surface area contributed by atoms with Crippen molar-refractivity contribution in [3.05, 3.63) is 53.9 Å². The molecule has 1 N–H and O–H groups in total. The van der Waals surface area contributed by atoms with Gasteiger partial charge in [-0.2, -0.15) is 0 Å². The van der Waals surface area contributed by atoms with E-state index in [0.717, 1.165) is 6.42 Å². The SMILES string of the molecule is CCc1ccc(NC(=O)[C@@H](C)OC(=O)c2cccn2C)cc1. The molecule has 0 saturated carbocycles. The number of nitrogens with one attached hydrogen (secondary N) is 1. The minimum Gasteiger partial charge on any atom is -0.448 e. The van der Waals surface area contributed by atoms with Crippen molar-refractivity contribution in [1.29, 1.82) is 0 Å². The molecule has 22 heavy (non-hydrogen) atoms. The van der Waals surface area contributed by atoms with Crippen molar-refractivity contribution in [3.8, 4) is 0 Å². The molecule has 1 atom stereocenters. The summed E-state index contributed by atoms with van der Waals surface area (Å²) in [5.74, 6) is -0.872. The number of carbonyl (C=O) groups excluding carboxylic acids is 2. The van der Waals surface area contributed by atoms with Gasteiger partial charge in [0, 0.05) is 18.9 Å². The van der Waals surface area contributed by atoms with Crippen LogP contribution in [0.4, 0.5) is 5.69 Å². The molecule has 5 heteroatoms. The Morgan fingerprint density at radius 2 is 1.91 bits per heavy atom. The Bertz CT molecular complexity index is 659. The maximum absolute atomic E-state index is 12.1. The van der Waals surface area contributed by atoms with Gasteiger partial charge in [-0.25, -0.2) is 4.79 Å². The van der Waals surface area contributed by atoms with E-state index in [1.54, 1.807) is 36.9 Å². The third-order valence-corrected chi connectivity index (χ3v) is 3.44. The quantitative estimate of drug-likeness (QED) is 0.864. The number of esters is 1. The van der Waals surface area contributed by atoms with Crippen molar-refractivity contribution in [1.82, 2.24) is 4.57 Å². The van der Waals surface area contributed by atoms with Crippen molar-refractivity contribution < 1.29 is 14.3 Å². The van der Waals surface area contributed by atoms with Crippen LogP contribution in [0.3, 0.4) is 0 Å². The molecular weight excluding hydrogens is 280 g/mol. The van der Waals surface area contributed by atoms with Crippen LogP contribution in [0.5, 0.6) is 0 Å². The van der Waals surface area contributed by atoms with Crippen molar-refractivity contribution in [3.63, 3.8) is 0 Å². The van der Waals surface area contributed by atoms with Gasteiger partial charge in [-0.05, 0) is 43.2 Å². The molecule has 1 aromatic heterocycles. The zero-order chi connectivity index (χ0) is 16.1. The predicted molar refractivity (Wildman–Crippen MR) is 84.7 cm³/mol. The molecule has 1 amide bonds. The van der Waals surface area contributed by atoms with E-state index in [1.165, 1.54) is 5.56 Å². The second-order valence-electron chi connectivity index (χ2n) is 5.09. The summed E-state index contributed by atoms with van der Waals surface area (Å²) in [7, 11) is 1.75. The van der Waals surface area contributed by atoms with Gasteiger partial charge in [0.05, 0.1) is 0 Å². The Hall–Kier alpha value is -2.56. The van der Waals surface area contributed by atoms with Crippen LogP contribution in [-0.2, 0) is 23.0 Å². The minimum atomic E-state index is -0.867. The Kier molecular flexibility index (Phi) is 4.99. The third kappa shape index (κ3) is 3.75. The molecule has 0 saturated heterocycles. The fraction of sp³-hybridized carbons (Fsp3) is 0.294. The number of benzene rings is 1. The van der Waals surface area contributed by atoms with Crippen LogP contribution in [0.25, 0.3) is 0 Å². The fourth-order valence-electron chi connectivity index (χ4n) is 2.02. The van der Waals surface area contributed by atoms with Crippen LogP contribution in [0, 0.1) is 0 Å². The monoisotopic (exact) mass is 300 g/mol. The molecule has 2 rings (SSSR count). The molecule has 0 fully saturated rings. The van der Waals surface area contributed by atoms with Crippen LogP contribution in [0.2, 0.25) is 0 Å². The molecule has 0 spiro atoms. The number of nitrogens with zero attached hydrogens (tertiary/aromatic N) is 1. The fourth-order valence-corrected chi connectivity index (χ4v) is 2.02. The van der Waals surface area contributed by atoms with Crippen LogP contribution in [0.15, 0.2) is 42.6 Å². The number of anilines is 1. The summed E-state index contributed by atoms with van der Waals surface area (Å²) in [6.45, 7) is 3.62. The van der Waals surface area contributed by atoms with E-state index in [9.17, 15) is 9.59 Å². The van der Waals surface area contributed by atoms with Crippen LogP contribution >= 0.6 is 0 Å². The lowest BCUT2D eigenvalue weighted by Crippen LogP contribution is -2.30. The van der Waals surface area contributed by atoms with Crippen molar-refractivity contribution in [2.75, 3.05) is 5.32 Å². The first-order chi connectivity index (χ1) is 10.5. The molecule has 0 unspecified atom stereocenters. The van der Waals surface area contributed by atoms with Crippen molar-refractivity contribution >= 4 is 17.6 Å². The number of ether oxygens (including phenoxy) is 1. The molecule has 2 aromatic rings. The van der Waals surface area contributed by atoms with E-state index in [0.29, 0.717) is 11.4 Å². The minimum absolute atomic E-state index is 0.355. The largest absolute Gasteiger partial charge is 0.448 e. The average Bonchev–Trinajstić information content (AvgIpc) is 2.94. The lowest BCUT2D eigenvalue weighted by atomic mass is 10.1. The van der Waals surface area contributed by atoms with Crippen molar-refractivity contribution in [2.45, 2.75) is 26.4 Å². The number of hydrogen-bond donors (Lipinski definition) is 1. The van der Waals surface area contributed by atoms with Gasteiger partial charge in [-0.15, -0.1) is 0 Å². The van der Waals surface area contributed by atoms with Gasteiger partial charge in [0.25, 0.3) is 5.91 Å². The zero-order valence-corrected chi connectivity index (χ0v) is 13.0. The van der Waals surface area contributed by atoms with Crippen molar-refractivity contribution in [2.24, 2.45) is 7.05 Å². The lowest BCUT2D eigenvalue weighted by Gasteiger charge is -2.14. The average molecular weight is 300 g/mol.